The Bertz CT molecular complexity index is 292. The highest BCUT2D eigenvalue weighted by Gasteiger charge is 2.33. The number of rotatable bonds is 8. The highest BCUT2D eigenvalue weighted by Crippen LogP contribution is 2.26. The van der Waals surface area contributed by atoms with Crippen LogP contribution in [0.1, 0.15) is 12.8 Å². The maximum absolute atomic E-state index is 11.7. The van der Waals surface area contributed by atoms with Gasteiger partial charge in [0.05, 0.1) is 0 Å². The van der Waals surface area contributed by atoms with E-state index in [1.54, 1.807) is 11.8 Å². The molecule has 0 bridgehead atoms. The Balaban J connectivity index is 2.23. The van der Waals surface area contributed by atoms with Gasteiger partial charge in [-0.05, 0) is 12.8 Å². The van der Waals surface area contributed by atoms with Crippen LogP contribution < -0.4 is 5.32 Å². The summed E-state index contributed by atoms with van der Waals surface area (Å²) in [6.45, 7) is 3.95. The number of carboxylic acid groups (broad SMARTS) is 1. The van der Waals surface area contributed by atoms with Crippen LogP contribution in [0.2, 0.25) is 0 Å². The molecule has 2 amide bonds. The zero-order valence-corrected chi connectivity index (χ0v) is 10.5. The molecule has 17 heavy (non-hydrogen) atoms. The lowest BCUT2D eigenvalue weighted by atomic mass is 10.5. The van der Waals surface area contributed by atoms with E-state index in [2.05, 4.69) is 11.9 Å². The Hall–Kier alpha value is -1.17. The van der Waals surface area contributed by atoms with Crippen LogP contribution in [0, 0.1) is 0 Å². The molecule has 0 unspecified atom stereocenters. The summed E-state index contributed by atoms with van der Waals surface area (Å²) in [4.78, 5) is 23.7. The molecule has 2 N–H and O–H groups in total. The molecule has 0 radical (unpaired) electrons. The number of hydrogen-bond donors (Lipinski definition) is 2. The van der Waals surface area contributed by atoms with Gasteiger partial charge in [0.1, 0.15) is 6.54 Å². The number of amides is 2. The number of carbonyl (C=O) groups is 2. The second-order valence-electron chi connectivity index (χ2n) is 3.85. The fourth-order valence-corrected chi connectivity index (χ4v) is 1.98. The van der Waals surface area contributed by atoms with Crippen LogP contribution >= 0.6 is 11.8 Å². The predicted molar refractivity (Wildman–Crippen MR) is 68.3 cm³/mol. The molecular weight excluding hydrogens is 240 g/mol. The molecule has 6 heteroatoms. The molecule has 0 aromatic rings. The van der Waals surface area contributed by atoms with Crippen molar-refractivity contribution in [2.24, 2.45) is 0 Å². The molecular formula is C11H18N2O3S. The molecule has 0 aromatic carbocycles. The second kappa shape index (κ2) is 7.21. The maximum atomic E-state index is 11.7. The molecule has 1 saturated carbocycles. The number of nitrogens with zero attached hydrogens (tertiary/aromatic N) is 1. The van der Waals surface area contributed by atoms with E-state index in [1.807, 2.05) is 6.08 Å². The molecule has 0 aromatic heterocycles. The van der Waals surface area contributed by atoms with E-state index in [1.165, 1.54) is 4.90 Å². The normalized spacial score (nSPS) is 14.1. The van der Waals surface area contributed by atoms with Crippen molar-refractivity contribution in [1.29, 1.82) is 0 Å². The van der Waals surface area contributed by atoms with Gasteiger partial charge in [0.2, 0.25) is 0 Å². The van der Waals surface area contributed by atoms with E-state index < -0.39 is 5.97 Å². The average molecular weight is 258 g/mol. The maximum Gasteiger partial charge on any atom is 0.323 e. The Labute approximate surface area is 105 Å². The third-order valence-electron chi connectivity index (χ3n) is 2.31. The second-order valence-corrected chi connectivity index (χ2v) is 5.00. The fourth-order valence-electron chi connectivity index (χ4n) is 1.40. The van der Waals surface area contributed by atoms with Crippen molar-refractivity contribution < 1.29 is 14.7 Å². The van der Waals surface area contributed by atoms with Crippen LogP contribution in [-0.4, -0.2) is 52.6 Å². The Kier molecular flexibility index (Phi) is 5.90. The van der Waals surface area contributed by atoms with Crippen LogP contribution in [-0.2, 0) is 4.79 Å². The highest BCUT2D eigenvalue weighted by atomic mass is 32.2. The molecule has 0 aliphatic heterocycles. The number of thioether (sulfide) groups is 1. The van der Waals surface area contributed by atoms with Crippen molar-refractivity contribution in [3.63, 3.8) is 0 Å². The molecule has 0 saturated heterocycles. The van der Waals surface area contributed by atoms with Crippen LogP contribution in [0.4, 0.5) is 4.79 Å². The van der Waals surface area contributed by atoms with Crippen LogP contribution in [0.5, 0.6) is 0 Å². The van der Waals surface area contributed by atoms with Crippen molar-refractivity contribution in [1.82, 2.24) is 10.2 Å². The Morgan fingerprint density at radius 3 is 2.76 bits per heavy atom. The van der Waals surface area contributed by atoms with E-state index >= 15 is 0 Å². The summed E-state index contributed by atoms with van der Waals surface area (Å²) in [5.41, 5.74) is 0. The number of urea groups is 1. The Morgan fingerprint density at radius 1 is 1.53 bits per heavy atom. The summed E-state index contributed by atoms with van der Waals surface area (Å²) in [7, 11) is 0. The van der Waals surface area contributed by atoms with Crippen molar-refractivity contribution in [3.05, 3.63) is 12.7 Å². The highest BCUT2D eigenvalue weighted by molar-refractivity contribution is 7.99. The summed E-state index contributed by atoms with van der Waals surface area (Å²) in [5, 5.41) is 11.5. The van der Waals surface area contributed by atoms with Gasteiger partial charge in [-0.15, -0.1) is 6.58 Å². The quantitative estimate of drug-likeness (QED) is 0.506. The lowest BCUT2D eigenvalue weighted by molar-refractivity contribution is -0.137. The third-order valence-corrected chi connectivity index (χ3v) is 3.28. The molecule has 1 aliphatic rings. The van der Waals surface area contributed by atoms with Gasteiger partial charge in [-0.25, -0.2) is 4.79 Å². The van der Waals surface area contributed by atoms with Gasteiger partial charge in [0.25, 0.3) is 0 Å². The predicted octanol–water partition coefficient (Wildman–Crippen LogP) is 1.16. The number of aliphatic carboxylic acids is 1. The zero-order valence-electron chi connectivity index (χ0n) is 9.72. The fraction of sp³-hybridized carbons (Fsp3) is 0.636. The van der Waals surface area contributed by atoms with Crippen molar-refractivity contribution in [2.45, 2.75) is 18.9 Å². The molecule has 0 atom stereocenters. The number of carboxylic acids is 1. The summed E-state index contributed by atoms with van der Waals surface area (Å²) in [6, 6.07) is -0.152. The van der Waals surface area contributed by atoms with Gasteiger partial charge in [0.15, 0.2) is 0 Å². The zero-order chi connectivity index (χ0) is 12.7. The first-order valence-corrected chi connectivity index (χ1v) is 6.75. The first-order chi connectivity index (χ1) is 8.15. The monoisotopic (exact) mass is 258 g/mol. The van der Waals surface area contributed by atoms with Crippen LogP contribution in [0.3, 0.4) is 0 Å². The lowest BCUT2D eigenvalue weighted by Gasteiger charge is -2.20. The smallest absolute Gasteiger partial charge is 0.323 e. The number of hydrogen-bond acceptors (Lipinski definition) is 3. The average Bonchev–Trinajstić information content (AvgIpc) is 3.09. The summed E-state index contributed by atoms with van der Waals surface area (Å²) >= 11 is 1.68. The van der Waals surface area contributed by atoms with Gasteiger partial charge in [0, 0.05) is 24.1 Å². The molecule has 0 spiro atoms. The van der Waals surface area contributed by atoms with Gasteiger partial charge < -0.3 is 15.3 Å². The number of carbonyl (C=O) groups excluding carboxylic acids is 1. The SMILES string of the molecule is C=CCSCCNC(=O)N(CC(=O)O)C1CC1. The first kappa shape index (κ1) is 13.9. The van der Waals surface area contributed by atoms with Crippen LogP contribution in [0.15, 0.2) is 12.7 Å². The van der Waals surface area contributed by atoms with Gasteiger partial charge in [-0.3, -0.25) is 4.79 Å². The van der Waals surface area contributed by atoms with Crippen molar-refractivity contribution in [3.8, 4) is 0 Å². The molecule has 96 valence electrons. The van der Waals surface area contributed by atoms with E-state index in [4.69, 9.17) is 5.11 Å². The van der Waals surface area contributed by atoms with Crippen LogP contribution in [0.25, 0.3) is 0 Å². The number of nitrogens with one attached hydrogen (secondary N) is 1. The van der Waals surface area contributed by atoms with Gasteiger partial charge in [-0.2, -0.15) is 11.8 Å². The minimum Gasteiger partial charge on any atom is -0.480 e. The van der Waals surface area contributed by atoms with Gasteiger partial charge >= 0.3 is 12.0 Å². The van der Waals surface area contributed by atoms with Crippen molar-refractivity contribution in [2.75, 3.05) is 24.6 Å². The first-order valence-electron chi connectivity index (χ1n) is 5.60. The summed E-state index contributed by atoms with van der Waals surface area (Å²) < 4.78 is 0. The molecule has 5 nitrogen and oxygen atoms in total. The minimum atomic E-state index is -0.965. The van der Waals surface area contributed by atoms with E-state index in [0.29, 0.717) is 6.54 Å². The minimum absolute atomic E-state index is 0.118. The van der Waals surface area contributed by atoms with Crippen molar-refractivity contribution >= 4 is 23.8 Å². The standard InChI is InChI=1S/C11H18N2O3S/c1-2-6-17-7-5-12-11(16)13(8-10(14)15)9-3-4-9/h2,9H,1,3-8H2,(H,12,16)(H,14,15). The largest absolute Gasteiger partial charge is 0.480 e. The van der Waals surface area contributed by atoms with E-state index in [9.17, 15) is 9.59 Å². The molecule has 1 aliphatic carbocycles. The Morgan fingerprint density at radius 2 is 2.24 bits per heavy atom. The summed E-state index contributed by atoms with van der Waals surface area (Å²) in [6.07, 6.45) is 3.63. The molecule has 1 fully saturated rings. The molecule has 1 rings (SSSR count). The van der Waals surface area contributed by atoms with Gasteiger partial charge in [-0.1, -0.05) is 6.08 Å². The topological polar surface area (TPSA) is 69.6 Å². The summed E-state index contributed by atoms with van der Waals surface area (Å²) in [5.74, 6) is 0.703. The lowest BCUT2D eigenvalue weighted by Crippen LogP contribution is -2.44. The van der Waals surface area contributed by atoms with E-state index in [-0.39, 0.29) is 18.6 Å². The molecule has 0 heterocycles. The van der Waals surface area contributed by atoms with E-state index in [0.717, 1.165) is 24.3 Å². The third kappa shape index (κ3) is 5.63.